The molecule has 1 aliphatic heterocycles. The topological polar surface area (TPSA) is 111 Å². The summed E-state index contributed by atoms with van der Waals surface area (Å²) in [5.74, 6) is 2.18. The summed E-state index contributed by atoms with van der Waals surface area (Å²) in [6.07, 6.45) is 3.71. The van der Waals surface area contributed by atoms with Gasteiger partial charge in [-0.05, 0) is 35.9 Å². The van der Waals surface area contributed by atoms with Gasteiger partial charge in [-0.2, -0.15) is 4.98 Å². The number of nitrogens with zero attached hydrogens (tertiary/aromatic N) is 3. The summed E-state index contributed by atoms with van der Waals surface area (Å²) in [6.45, 7) is 0.177. The van der Waals surface area contributed by atoms with Crippen LogP contribution in [0, 0.1) is 0 Å². The molecule has 0 radical (unpaired) electrons. The van der Waals surface area contributed by atoms with Crippen LogP contribution in [0.3, 0.4) is 0 Å². The number of anilines is 2. The van der Waals surface area contributed by atoms with Crippen molar-refractivity contribution in [1.29, 1.82) is 0 Å². The number of hydrogen-bond acceptors (Lipinski definition) is 7. The molecule has 0 aliphatic carbocycles. The van der Waals surface area contributed by atoms with Gasteiger partial charge in [0.25, 0.3) is 0 Å². The summed E-state index contributed by atoms with van der Waals surface area (Å²) >= 11 is 0. The molecule has 2 N–H and O–H groups in total. The average Bonchev–Trinajstić information content (AvgIpc) is 3.45. The number of rotatable bonds is 5. The normalized spacial score (nSPS) is 11.9. The minimum atomic E-state index is -0.380. The van der Waals surface area contributed by atoms with Gasteiger partial charge < -0.3 is 24.6 Å². The summed E-state index contributed by atoms with van der Waals surface area (Å²) < 4.78 is 16.0. The lowest BCUT2D eigenvalue weighted by atomic mass is 10.1. The van der Waals surface area contributed by atoms with E-state index >= 15 is 0 Å². The zero-order valence-electron chi connectivity index (χ0n) is 16.2. The summed E-state index contributed by atoms with van der Waals surface area (Å²) in [7, 11) is 0. The van der Waals surface area contributed by atoms with Crippen molar-refractivity contribution < 1.29 is 18.8 Å². The molecule has 9 heteroatoms. The second-order valence-corrected chi connectivity index (χ2v) is 6.73. The second-order valence-electron chi connectivity index (χ2n) is 6.73. The molecule has 0 bridgehead atoms. The van der Waals surface area contributed by atoms with Crippen LogP contribution >= 0.6 is 0 Å². The Hall–Kier alpha value is -4.40. The van der Waals surface area contributed by atoms with Gasteiger partial charge in [0.05, 0.1) is 6.42 Å². The SMILES string of the molecule is O=C(Nc1ccc2c(c1)OCO2)Nc1ccccc1Cc1nc(-c2ccncc2)no1. The number of aromatic nitrogens is 3. The predicted octanol–water partition coefficient (Wildman–Crippen LogP) is 4.10. The third-order valence-corrected chi connectivity index (χ3v) is 4.64. The molecular weight excluding hydrogens is 398 g/mol. The van der Waals surface area contributed by atoms with Crippen molar-refractivity contribution >= 4 is 17.4 Å². The van der Waals surface area contributed by atoms with Gasteiger partial charge in [0.1, 0.15) is 0 Å². The number of hydrogen-bond donors (Lipinski definition) is 2. The highest BCUT2D eigenvalue weighted by Gasteiger charge is 2.15. The fraction of sp³-hybridized carbons (Fsp3) is 0.0909. The van der Waals surface area contributed by atoms with Gasteiger partial charge in [-0.25, -0.2) is 4.79 Å². The quantitative estimate of drug-likeness (QED) is 0.505. The van der Waals surface area contributed by atoms with Crippen molar-refractivity contribution in [2.45, 2.75) is 6.42 Å². The summed E-state index contributed by atoms with van der Waals surface area (Å²) in [5.41, 5.74) is 2.90. The summed E-state index contributed by atoms with van der Waals surface area (Å²) in [6, 6.07) is 15.9. The van der Waals surface area contributed by atoms with Crippen LogP contribution in [0.25, 0.3) is 11.4 Å². The van der Waals surface area contributed by atoms with Gasteiger partial charge in [0, 0.05) is 35.4 Å². The molecule has 3 heterocycles. The van der Waals surface area contributed by atoms with Crippen molar-refractivity contribution in [2.24, 2.45) is 0 Å². The first-order chi connectivity index (χ1) is 15.2. The van der Waals surface area contributed by atoms with E-state index in [2.05, 4.69) is 25.8 Å². The van der Waals surface area contributed by atoms with Crippen molar-refractivity contribution in [3.8, 4) is 22.9 Å². The molecule has 1 aliphatic rings. The van der Waals surface area contributed by atoms with E-state index in [0.717, 1.165) is 11.1 Å². The molecule has 5 rings (SSSR count). The van der Waals surface area contributed by atoms with Crippen molar-refractivity contribution in [1.82, 2.24) is 15.1 Å². The number of benzene rings is 2. The van der Waals surface area contributed by atoms with Crippen LogP contribution in [0.1, 0.15) is 11.5 Å². The highest BCUT2D eigenvalue weighted by atomic mass is 16.7. The number of para-hydroxylation sites is 1. The Morgan fingerprint density at radius 1 is 0.968 bits per heavy atom. The third-order valence-electron chi connectivity index (χ3n) is 4.64. The number of carbonyl (C=O) groups is 1. The lowest BCUT2D eigenvalue weighted by Gasteiger charge is -2.11. The zero-order chi connectivity index (χ0) is 21.0. The van der Waals surface area contributed by atoms with E-state index < -0.39 is 0 Å². The first-order valence-electron chi connectivity index (χ1n) is 9.53. The molecule has 0 unspecified atom stereocenters. The lowest BCUT2D eigenvalue weighted by molar-refractivity contribution is 0.174. The number of nitrogens with one attached hydrogen (secondary N) is 2. The standard InChI is InChI=1S/C22H17N5O4/c28-22(24-16-5-6-18-19(12-16)30-13-29-18)25-17-4-2-1-3-15(17)11-20-26-21(27-31-20)14-7-9-23-10-8-14/h1-10,12H,11,13H2,(H2,24,25,28). The van der Waals surface area contributed by atoms with Crippen LogP contribution < -0.4 is 20.1 Å². The van der Waals surface area contributed by atoms with E-state index in [-0.39, 0.29) is 12.8 Å². The average molecular weight is 415 g/mol. The number of amides is 2. The first kappa shape index (κ1) is 18.6. The fourth-order valence-electron chi connectivity index (χ4n) is 3.16. The van der Waals surface area contributed by atoms with Crippen LogP contribution in [-0.4, -0.2) is 27.9 Å². The van der Waals surface area contributed by atoms with Crippen LogP contribution in [0.5, 0.6) is 11.5 Å². The van der Waals surface area contributed by atoms with E-state index in [1.54, 1.807) is 30.6 Å². The molecule has 0 atom stereocenters. The molecular formula is C22H17N5O4. The monoisotopic (exact) mass is 415 g/mol. The van der Waals surface area contributed by atoms with Gasteiger partial charge in [0.2, 0.25) is 18.5 Å². The van der Waals surface area contributed by atoms with E-state index in [1.165, 1.54) is 0 Å². The highest BCUT2D eigenvalue weighted by Crippen LogP contribution is 2.34. The van der Waals surface area contributed by atoms with Crippen molar-refractivity contribution in [3.63, 3.8) is 0 Å². The number of ether oxygens (including phenoxy) is 2. The molecule has 0 saturated carbocycles. The molecule has 9 nitrogen and oxygen atoms in total. The molecule has 4 aromatic rings. The molecule has 2 amide bonds. The largest absolute Gasteiger partial charge is 0.454 e. The van der Waals surface area contributed by atoms with E-state index in [9.17, 15) is 4.79 Å². The number of pyridine rings is 1. The Bertz CT molecular complexity index is 1230. The summed E-state index contributed by atoms with van der Waals surface area (Å²) in [5, 5.41) is 9.68. The third kappa shape index (κ3) is 4.15. The molecule has 0 saturated heterocycles. The van der Waals surface area contributed by atoms with Gasteiger partial charge in [-0.3, -0.25) is 4.98 Å². The van der Waals surface area contributed by atoms with Gasteiger partial charge in [-0.1, -0.05) is 23.4 Å². The number of urea groups is 1. The molecule has 31 heavy (non-hydrogen) atoms. The van der Waals surface area contributed by atoms with E-state index in [0.29, 0.717) is 41.0 Å². The maximum atomic E-state index is 12.5. The Labute approximate surface area is 177 Å². The molecule has 0 fully saturated rings. The number of carbonyl (C=O) groups excluding carboxylic acids is 1. The zero-order valence-corrected chi connectivity index (χ0v) is 16.2. The summed E-state index contributed by atoms with van der Waals surface area (Å²) in [4.78, 5) is 20.9. The smallest absolute Gasteiger partial charge is 0.323 e. The van der Waals surface area contributed by atoms with E-state index in [1.807, 2.05) is 36.4 Å². The fourth-order valence-corrected chi connectivity index (χ4v) is 3.16. The van der Waals surface area contributed by atoms with Crippen LogP contribution in [0.15, 0.2) is 71.5 Å². The number of fused-ring (bicyclic) bond motifs is 1. The van der Waals surface area contributed by atoms with Gasteiger partial charge in [-0.15, -0.1) is 0 Å². The van der Waals surface area contributed by atoms with Crippen molar-refractivity contribution in [3.05, 3.63) is 78.4 Å². The minimum Gasteiger partial charge on any atom is -0.454 e. The molecule has 2 aromatic heterocycles. The lowest BCUT2D eigenvalue weighted by Crippen LogP contribution is -2.20. The van der Waals surface area contributed by atoms with Crippen LogP contribution in [-0.2, 0) is 6.42 Å². The van der Waals surface area contributed by atoms with Crippen LogP contribution in [0.4, 0.5) is 16.2 Å². The minimum absolute atomic E-state index is 0.177. The van der Waals surface area contributed by atoms with Gasteiger partial charge in [0.15, 0.2) is 11.5 Å². The first-order valence-corrected chi connectivity index (χ1v) is 9.53. The highest BCUT2D eigenvalue weighted by molar-refractivity contribution is 6.00. The van der Waals surface area contributed by atoms with E-state index in [4.69, 9.17) is 14.0 Å². The maximum absolute atomic E-state index is 12.5. The Kier molecular flexibility index (Phi) is 4.89. The van der Waals surface area contributed by atoms with Crippen LogP contribution in [0.2, 0.25) is 0 Å². The maximum Gasteiger partial charge on any atom is 0.323 e. The Morgan fingerprint density at radius 2 is 1.81 bits per heavy atom. The van der Waals surface area contributed by atoms with Crippen molar-refractivity contribution in [2.75, 3.05) is 17.4 Å². The molecule has 0 spiro atoms. The van der Waals surface area contributed by atoms with Gasteiger partial charge >= 0.3 is 6.03 Å². The second kappa shape index (κ2) is 8.15. The molecule has 154 valence electrons. The Morgan fingerprint density at radius 3 is 2.71 bits per heavy atom. The predicted molar refractivity (Wildman–Crippen MR) is 112 cm³/mol. The Balaban J connectivity index is 1.28. The molecule has 2 aromatic carbocycles.